The van der Waals surface area contributed by atoms with Crippen molar-refractivity contribution >= 4 is 6.09 Å². The quantitative estimate of drug-likeness (QED) is 0.736. The van der Waals surface area contributed by atoms with Gasteiger partial charge in [0.05, 0.1) is 6.61 Å². The minimum Gasteiger partial charge on any atom is -0.434 e. The number of aliphatic hydroxyl groups excluding tert-OH is 1. The highest BCUT2D eigenvalue weighted by atomic mass is 19.4. The van der Waals surface area contributed by atoms with Crippen LogP contribution in [0.5, 0.6) is 0 Å². The summed E-state index contributed by atoms with van der Waals surface area (Å²) in [4.78, 5) is 10.7. The molecule has 0 aliphatic rings. The molecule has 0 unspecified atom stereocenters. The van der Waals surface area contributed by atoms with E-state index in [0.29, 0.717) is 6.42 Å². The SMILES string of the molecule is CCCNC(=O)O[C@H](CO)C(F)(F)F. The minimum absolute atomic E-state index is 0.231. The van der Waals surface area contributed by atoms with Crippen molar-refractivity contribution in [2.75, 3.05) is 13.2 Å². The first-order valence-corrected chi connectivity index (χ1v) is 4.03. The van der Waals surface area contributed by atoms with Gasteiger partial charge in [0, 0.05) is 6.54 Å². The molecule has 0 aromatic rings. The van der Waals surface area contributed by atoms with E-state index in [1.807, 2.05) is 0 Å². The fourth-order valence-electron chi connectivity index (χ4n) is 0.606. The summed E-state index contributed by atoms with van der Waals surface area (Å²) >= 11 is 0. The maximum absolute atomic E-state index is 11.9. The Balaban J connectivity index is 4.00. The van der Waals surface area contributed by atoms with E-state index in [4.69, 9.17) is 5.11 Å². The molecule has 4 nitrogen and oxygen atoms in total. The molecule has 0 aliphatic heterocycles. The Bertz CT molecular complexity index is 184. The highest BCUT2D eigenvalue weighted by molar-refractivity contribution is 5.67. The van der Waals surface area contributed by atoms with Crippen LogP contribution in [0.15, 0.2) is 0 Å². The number of nitrogens with one attached hydrogen (secondary N) is 1. The fourth-order valence-corrected chi connectivity index (χ4v) is 0.606. The smallest absolute Gasteiger partial charge is 0.427 e. The molecule has 0 aliphatic carbocycles. The summed E-state index contributed by atoms with van der Waals surface area (Å²) in [5.41, 5.74) is 0. The lowest BCUT2D eigenvalue weighted by molar-refractivity contribution is -0.212. The second-order valence-corrected chi connectivity index (χ2v) is 2.54. The highest BCUT2D eigenvalue weighted by Gasteiger charge is 2.42. The maximum atomic E-state index is 11.9. The zero-order chi connectivity index (χ0) is 11.2. The molecule has 0 saturated heterocycles. The number of ether oxygens (including phenoxy) is 1. The van der Waals surface area contributed by atoms with E-state index in [1.54, 1.807) is 6.92 Å². The Kier molecular flexibility index (Phi) is 5.29. The molecule has 0 aromatic carbocycles. The molecule has 1 amide bonds. The second-order valence-electron chi connectivity index (χ2n) is 2.54. The minimum atomic E-state index is -4.74. The first kappa shape index (κ1) is 13.0. The van der Waals surface area contributed by atoms with Crippen LogP contribution >= 0.6 is 0 Å². The third-order valence-corrected chi connectivity index (χ3v) is 1.30. The van der Waals surface area contributed by atoms with Crippen molar-refractivity contribution in [3.05, 3.63) is 0 Å². The van der Waals surface area contributed by atoms with Gasteiger partial charge in [0.15, 0.2) is 0 Å². The van der Waals surface area contributed by atoms with Gasteiger partial charge in [0.1, 0.15) is 0 Å². The monoisotopic (exact) mass is 215 g/mol. The molecule has 0 fully saturated rings. The zero-order valence-electron chi connectivity index (χ0n) is 7.60. The molecule has 0 bridgehead atoms. The third-order valence-electron chi connectivity index (χ3n) is 1.30. The van der Waals surface area contributed by atoms with Gasteiger partial charge in [-0.1, -0.05) is 6.92 Å². The van der Waals surface area contributed by atoms with E-state index in [0.717, 1.165) is 0 Å². The average Bonchev–Trinajstić information content (AvgIpc) is 2.08. The molecule has 0 heterocycles. The number of aliphatic hydroxyl groups is 1. The molecule has 0 aromatic heterocycles. The summed E-state index contributed by atoms with van der Waals surface area (Å²) in [5.74, 6) is 0. The molecule has 0 radical (unpaired) electrons. The third kappa shape index (κ3) is 4.90. The predicted molar refractivity (Wildman–Crippen MR) is 41.7 cm³/mol. The molecule has 84 valence electrons. The normalized spacial score (nSPS) is 13.5. The Morgan fingerprint density at radius 3 is 2.50 bits per heavy atom. The maximum Gasteiger partial charge on any atom is 0.427 e. The number of carbonyl (C=O) groups excluding carboxylic acids is 1. The summed E-state index contributed by atoms with van der Waals surface area (Å²) in [5, 5.41) is 10.4. The number of hydrogen-bond acceptors (Lipinski definition) is 3. The van der Waals surface area contributed by atoms with Crippen molar-refractivity contribution < 1.29 is 27.8 Å². The van der Waals surface area contributed by atoms with Gasteiger partial charge in [0.2, 0.25) is 6.10 Å². The highest BCUT2D eigenvalue weighted by Crippen LogP contribution is 2.22. The van der Waals surface area contributed by atoms with E-state index >= 15 is 0 Å². The fraction of sp³-hybridized carbons (Fsp3) is 0.857. The van der Waals surface area contributed by atoms with E-state index in [-0.39, 0.29) is 6.54 Å². The Labute approximate surface area is 79.0 Å². The van der Waals surface area contributed by atoms with Gasteiger partial charge in [0.25, 0.3) is 0 Å². The standard InChI is InChI=1S/C7H12F3NO3/c1-2-3-11-6(13)14-5(4-12)7(8,9)10/h5,12H,2-4H2,1H3,(H,11,13)/t5-/m1/s1. The van der Waals surface area contributed by atoms with Crippen molar-refractivity contribution in [3.63, 3.8) is 0 Å². The van der Waals surface area contributed by atoms with Crippen LogP contribution in [0.3, 0.4) is 0 Å². The van der Waals surface area contributed by atoms with Gasteiger partial charge in [-0.3, -0.25) is 0 Å². The van der Waals surface area contributed by atoms with E-state index < -0.39 is 25.0 Å². The van der Waals surface area contributed by atoms with E-state index in [9.17, 15) is 18.0 Å². The lowest BCUT2D eigenvalue weighted by Gasteiger charge is -2.18. The lowest BCUT2D eigenvalue weighted by atomic mass is 10.4. The van der Waals surface area contributed by atoms with Crippen LogP contribution in [0, 0.1) is 0 Å². The molecule has 14 heavy (non-hydrogen) atoms. The van der Waals surface area contributed by atoms with E-state index in [1.165, 1.54) is 0 Å². The Morgan fingerprint density at radius 1 is 1.57 bits per heavy atom. The van der Waals surface area contributed by atoms with Crippen LogP contribution in [0.2, 0.25) is 0 Å². The van der Waals surface area contributed by atoms with Crippen LogP contribution in [0.1, 0.15) is 13.3 Å². The molecule has 0 rings (SSSR count). The zero-order valence-corrected chi connectivity index (χ0v) is 7.60. The first-order valence-electron chi connectivity index (χ1n) is 4.03. The lowest BCUT2D eigenvalue weighted by Crippen LogP contribution is -2.40. The Hall–Kier alpha value is -0.980. The Morgan fingerprint density at radius 2 is 2.14 bits per heavy atom. The summed E-state index contributed by atoms with van der Waals surface area (Å²) in [6, 6.07) is 0. The van der Waals surface area contributed by atoms with Crippen LogP contribution in [0.4, 0.5) is 18.0 Å². The van der Waals surface area contributed by atoms with Crippen molar-refractivity contribution in [3.8, 4) is 0 Å². The van der Waals surface area contributed by atoms with Gasteiger partial charge >= 0.3 is 12.3 Å². The number of carbonyl (C=O) groups is 1. The molecule has 1 atom stereocenters. The number of hydrogen-bond donors (Lipinski definition) is 2. The molecular weight excluding hydrogens is 203 g/mol. The number of alkyl halides is 3. The predicted octanol–water partition coefficient (Wildman–Crippen LogP) is 1.05. The van der Waals surface area contributed by atoms with Crippen LogP contribution in [-0.2, 0) is 4.74 Å². The summed E-state index contributed by atoms with van der Waals surface area (Å²) in [6.07, 6.45) is -7.79. The van der Waals surface area contributed by atoms with Gasteiger partial charge in [-0.15, -0.1) is 0 Å². The second kappa shape index (κ2) is 5.69. The molecule has 7 heteroatoms. The van der Waals surface area contributed by atoms with Crippen molar-refractivity contribution in [2.45, 2.75) is 25.6 Å². The van der Waals surface area contributed by atoms with E-state index in [2.05, 4.69) is 10.1 Å². The topological polar surface area (TPSA) is 58.6 Å². The van der Waals surface area contributed by atoms with Gasteiger partial charge in [-0.05, 0) is 6.42 Å². The van der Waals surface area contributed by atoms with Gasteiger partial charge in [-0.25, -0.2) is 4.79 Å². The summed E-state index contributed by atoms with van der Waals surface area (Å²) in [6.45, 7) is 0.700. The first-order chi connectivity index (χ1) is 6.41. The average molecular weight is 215 g/mol. The largest absolute Gasteiger partial charge is 0.434 e. The molecular formula is C7H12F3NO3. The number of amides is 1. The number of alkyl carbamates (subject to hydrolysis) is 1. The molecule has 0 saturated carbocycles. The van der Waals surface area contributed by atoms with Crippen molar-refractivity contribution in [1.29, 1.82) is 0 Å². The number of halogens is 3. The summed E-state index contributed by atoms with van der Waals surface area (Å²) in [7, 11) is 0. The van der Waals surface area contributed by atoms with Crippen LogP contribution in [0.25, 0.3) is 0 Å². The van der Waals surface area contributed by atoms with Crippen LogP contribution < -0.4 is 5.32 Å². The van der Waals surface area contributed by atoms with Crippen molar-refractivity contribution in [2.24, 2.45) is 0 Å². The van der Waals surface area contributed by atoms with Gasteiger partial charge in [-0.2, -0.15) is 13.2 Å². The molecule has 2 N–H and O–H groups in total. The summed E-state index contributed by atoms with van der Waals surface area (Å²) < 4.78 is 39.8. The molecule has 0 spiro atoms. The van der Waals surface area contributed by atoms with Crippen LogP contribution in [-0.4, -0.2) is 36.6 Å². The van der Waals surface area contributed by atoms with Crippen molar-refractivity contribution in [1.82, 2.24) is 5.32 Å². The van der Waals surface area contributed by atoms with Gasteiger partial charge < -0.3 is 15.2 Å². The number of rotatable bonds is 4.